The number of carbonyl (C=O) groups is 4. The highest BCUT2D eigenvalue weighted by Gasteiger charge is 2.62. The van der Waals surface area contributed by atoms with Gasteiger partial charge in [0.25, 0.3) is 5.91 Å². The van der Waals surface area contributed by atoms with Crippen molar-refractivity contribution in [3.8, 4) is 0 Å². The van der Waals surface area contributed by atoms with E-state index in [1.165, 1.54) is 11.8 Å². The quantitative estimate of drug-likeness (QED) is 0.196. The van der Waals surface area contributed by atoms with E-state index in [1.807, 2.05) is 12.2 Å². The molecule has 3 fully saturated rings. The van der Waals surface area contributed by atoms with Gasteiger partial charge in [-0.25, -0.2) is 8.42 Å². The number of fused-ring (bicyclic) bond motifs is 2. The Hall–Kier alpha value is -2.74. The Morgan fingerprint density at radius 2 is 1.95 bits per heavy atom. The predicted octanol–water partition coefficient (Wildman–Crippen LogP) is -0.276. The van der Waals surface area contributed by atoms with Crippen LogP contribution in [0.5, 0.6) is 0 Å². The molecular weight excluding hydrogens is 534 g/mol. The number of amides is 3. The maximum Gasteiger partial charge on any atom is 0.302 e. The lowest BCUT2D eigenvalue weighted by molar-refractivity contribution is -0.146. The summed E-state index contributed by atoms with van der Waals surface area (Å²) >= 11 is 4.97. The number of nitrogens with one attached hydrogen (secondary N) is 3. The summed E-state index contributed by atoms with van der Waals surface area (Å²) in [5.74, 6) is -2.74. The van der Waals surface area contributed by atoms with Gasteiger partial charge in [-0.1, -0.05) is 25.0 Å². The van der Waals surface area contributed by atoms with Crippen LogP contribution in [0.2, 0.25) is 0 Å². The molecule has 2 heterocycles. The van der Waals surface area contributed by atoms with Gasteiger partial charge >= 0.3 is 5.97 Å². The van der Waals surface area contributed by atoms with Crippen LogP contribution in [0, 0.1) is 5.92 Å². The molecule has 0 aromatic carbocycles. The number of nitrogens with two attached hydrogens (primary N) is 1. The Labute approximate surface area is 227 Å². The first kappa shape index (κ1) is 28.3. The van der Waals surface area contributed by atoms with E-state index in [9.17, 15) is 27.6 Å². The van der Waals surface area contributed by atoms with Gasteiger partial charge in [0.2, 0.25) is 21.8 Å². The number of hydrogen-bond donors (Lipinski definition) is 4. The van der Waals surface area contributed by atoms with Crippen LogP contribution in [0.25, 0.3) is 0 Å². The number of ether oxygens (including phenoxy) is 1. The fourth-order valence-electron chi connectivity index (χ4n) is 5.25. The molecule has 2 aliphatic heterocycles. The first-order valence-electron chi connectivity index (χ1n) is 13.0. The first-order chi connectivity index (χ1) is 17.9. The van der Waals surface area contributed by atoms with E-state index in [2.05, 4.69) is 15.4 Å². The van der Waals surface area contributed by atoms with E-state index in [0.717, 1.165) is 19.3 Å². The van der Waals surface area contributed by atoms with Crippen LogP contribution in [0.1, 0.15) is 64.7 Å². The number of nitrogens with zero attached hydrogens (tertiary/aromatic N) is 1. The summed E-state index contributed by atoms with van der Waals surface area (Å²) in [5, 5.41) is 4.95. The third-order valence-electron chi connectivity index (χ3n) is 7.49. The van der Waals surface area contributed by atoms with Gasteiger partial charge in [-0.3, -0.25) is 23.9 Å². The number of carbonyl (C=O) groups excluding carboxylic acids is 4. The van der Waals surface area contributed by atoms with Crippen molar-refractivity contribution in [2.24, 2.45) is 11.7 Å². The molecule has 3 amide bonds. The average Bonchev–Trinajstić information content (AvgIpc) is 3.74. The minimum Gasteiger partial charge on any atom is -0.461 e. The lowest BCUT2D eigenvalue weighted by Crippen LogP contribution is -2.58. The zero-order chi connectivity index (χ0) is 27.7. The Morgan fingerprint density at radius 1 is 1.21 bits per heavy atom. The van der Waals surface area contributed by atoms with Crippen LogP contribution in [0.15, 0.2) is 12.2 Å². The van der Waals surface area contributed by atoms with Crippen LogP contribution in [-0.2, 0) is 33.9 Å². The van der Waals surface area contributed by atoms with E-state index in [-0.39, 0.29) is 30.4 Å². The zero-order valence-electron chi connectivity index (χ0n) is 21.3. The molecule has 14 heteroatoms. The molecule has 0 unspecified atom stereocenters. The summed E-state index contributed by atoms with van der Waals surface area (Å²) in [6.07, 6.45) is 7.90. The zero-order valence-corrected chi connectivity index (χ0v) is 22.9. The maximum atomic E-state index is 13.6. The van der Waals surface area contributed by atoms with Gasteiger partial charge in [0.15, 0.2) is 5.11 Å². The van der Waals surface area contributed by atoms with Crippen molar-refractivity contribution in [2.75, 3.05) is 6.54 Å². The number of sulfonamides is 1. The predicted molar refractivity (Wildman–Crippen MR) is 141 cm³/mol. The van der Waals surface area contributed by atoms with Crippen molar-refractivity contribution in [1.29, 1.82) is 0 Å². The smallest absolute Gasteiger partial charge is 0.302 e. The van der Waals surface area contributed by atoms with Gasteiger partial charge in [0, 0.05) is 19.3 Å². The second-order valence-electron chi connectivity index (χ2n) is 10.5. The third-order valence-corrected chi connectivity index (χ3v) is 9.43. The molecule has 2 saturated carbocycles. The van der Waals surface area contributed by atoms with Crippen LogP contribution in [-0.4, -0.2) is 77.6 Å². The molecular formula is C24H35N5O7S2. The molecule has 4 rings (SSSR count). The average molecular weight is 570 g/mol. The minimum atomic E-state index is -3.83. The molecule has 210 valence electrons. The molecule has 0 bridgehead atoms. The highest BCUT2D eigenvalue weighted by Crippen LogP contribution is 2.46. The van der Waals surface area contributed by atoms with Crippen LogP contribution >= 0.6 is 12.2 Å². The van der Waals surface area contributed by atoms with E-state index < -0.39 is 62.7 Å². The standard InChI is InChI=1S/C24H35N5O7S2/c1-14(30)36-16-11-19-20(31)27-24(22(33)28-38(34,35)17-9-10-17)12-15(24)7-5-3-2-4-6-8-18(26-23(25)37)21(32)29(19)13-16/h5,7,15-19H,2-4,6,8-13H2,1H3,(H,27,31)(H,28,33)(H3,25,26,37)/b7-5-/t15-,16-,18+,19+,24-/m1/s1. The van der Waals surface area contributed by atoms with Crippen molar-refractivity contribution in [1.82, 2.24) is 20.3 Å². The second kappa shape index (κ2) is 11.2. The Balaban J connectivity index is 1.62. The fraction of sp³-hybridized carbons (Fsp3) is 0.708. The number of rotatable bonds is 5. The van der Waals surface area contributed by atoms with Gasteiger partial charge < -0.3 is 26.0 Å². The van der Waals surface area contributed by atoms with Gasteiger partial charge in [-0.05, 0) is 50.7 Å². The summed E-state index contributed by atoms with van der Waals surface area (Å²) in [6, 6.07) is -1.81. The SMILES string of the molecule is CC(=O)O[C@@H]1C[C@H]2C(=O)N[C@]3(C(=O)NS(=O)(=O)C4CC4)C[C@H]3/C=C\CCCCC[C@H](NC(N)=S)C(=O)N2C1. The molecule has 5 N–H and O–H groups in total. The summed E-state index contributed by atoms with van der Waals surface area (Å²) in [5.41, 5.74) is 4.23. The largest absolute Gasteiger partial charge is 0.461 e. The third kappa shape index (κ3) is 6.45. The second-order valence-corrected chi connectivity index (χ2v) is 12.9. The number of esters is 1. The number of thiocarbonyl (C=S) groups is 1. The van der Waals surface area contributed by atoms with E-state index >= 15 is 0 Å². The van der Waals surface area contributed by atoms with Gasteiger partial charge in [0.05, 0.1) is 11.8 Å². The van der Waals surface area contributed by atoms with Crippen molar-refractivity contribution in [3.05, 3.63) is 12.2 Å². The summed E-state index contributed by atoms with van der Waals surface area (Å²) in [7, 11) is -3.83. The normalized spacial score (nSPS) is 32.9. The minimum absolute atomic E-state index is 0.00933. The molecule has 5 atom stereocenters. The van der Waals surface area contributed by atoms with Gasteiger partial charge in [-0.15, -0.1) is 0 Å². The van der Waals surface area contributed by atoms with Gasteiger partial charge in [-0.2, -0.15) is 0 Å². The van der Waals surface area contributed by atoms with Crippen LogP contribution in [0.3, 0.4) is 0 Å². The molecule has 12 nitrogen and oxygen atoms in total. The van der Waals surface area contributed by atoms with E-state index in [4.69, 9.17) is 22.7 Å². The van der Waals surface area contributed by atoms with E-state index in [1.54, 1.807) is 0 Å². The Kier molecular flexibility index (Phi) is 8.31. The van der Waals surface area contributed by atoms with E-state index in [0.29, 0.717) is 25.7 Å². The topological polar surface area (TPSA) is 177 Å². The lowest BCUT2D eigenvalue weighted by Gasteiger charge is -2.30. The first-order valence-corrected chi connectivity index (χ1v) is 15.0. The molecule has 0 spiro atoms. The Bertz CT molecular complexity index is 1140. The molecule has 2 aliphatic carbocycles. The lowest BCUT2D eigenvalue weighted by atomic mass is 10.1. The molecule has 4 aliphatic rings. The van der Waals surface area contributed by atoms with Crippen molar-refractivity contribution in [2.45, 2.75) is 93.7 Å². The molecule has 1 saturated heterocycles. The molecule has 0 radical (unpaired) electrons. The fourth-order valence-corrected chi connectivity index (χ4v) is 6.76. The van der Waals surface area contributed by atoms with Crippen molar-refractivity contribution < 1.29 is 32.3 Å². The highest BCUT2D eigenvalue weighted by atomic mass is 32.2. The summed E-state index contributed by atoms with van der Waals surface area (Å²) in [6.45, 7) is 1.24. The molecule has 38 heavy (non-hydrogen) atoms. The number of hydrogen-bond acceptors (Lipinski definition) is 8. The van der Waals surface area contributed by atoms with Crippen molar-refractivity contribution in [3.63, 3.8) is 0 Å². The number of allylic oxidation sites excluding steroid dienone is 1. The monoisotopic (exact) mass is 569 g/mol. The highest BCUT2D eigenvalue weighted by molar-refractivity contribution is 7.91. The summed E-state index contributed by atoms with van der Waals surface area (Å²) in [4.78, 5) is 53.5. The van der Waals surface area contributed by atoms with Crippen LogP contribution in [0.4, 0.5) is 0 Å². The molecule has 0 aromatic rings. The van der Waals surface area contributed by atoms with Crippen molar-refractivity contribution >= 4 is 51.0 Å². The van der Waals surface area contributed by atoms with Gasteiger partial charge in [0.1, 0.15) is 23.7 Å². The maximum absolute atomic E-state index is 13.6. The Morgan fingerprint density at radius 3 is 2.61 bits per heavy atom. The molecule has 0 aromatic heterocycles. The summed E-state index contributed by atoms with van der Waals surface area (Å²) < 4.78 is 32.5. The van der Waals surface area contributed by atoms with Crippen LogP contribution < -0.4 is 21.1 Å².